The van der Waals surface area contributed by atoms with Crippen molar-refractivity contribution in [3.8, 4) is 0 Å². The van der Waals surface area contributed by atoms with Crippen molar-refractivity contribution in [2.75, 3.05) is 13.2 Å². The highest BCUT2D eigenvalue weighted by Crippen LogP contribution is 2.27. The van der Waals surface area contributed by atoms with Gasteiger partial charge in [0, 0.05) is 32.0 Å². The molecule has 1 aromatic rings. The second-order valence-corrected chi connectivity index (χ2v) is 5.85. The lowest BCUT2D eigenvalue weighted by Crippen LogP contribution is -2.34. The Morgan fingerprint density at radius 1 is 1.16 bits per heavy atom. The van der Waals surface area contributed by atoms with Gasteiger partial charge in [-0.3, -0.25) is 4.68 Å². The molecule has 4 nitrogen and oxygen atoms in total. The summed E-state index contributed by atoms with van der Waals surface area (Å²) in [7, 11) is 0. The number of hydrogen-bond acceptors (Lipinski definition) is 3. The van der Waals surface area contributed by atoms with Gasteiger partial charge in [-0.25, -0.2) is 0 Å². The summed E-state index contributed by atoms with van der Waals surface area (Å²) in [5.74, 6) is 0. The van der Waals surface area contributed by atoms with E-state index in [9.17, 15) is 0 Å². The number of ether oxygens (including phenoxy) is 1. The average molecular weight is 263 g/mol. The maximum atomic E-state index is 5.38. The van der Waals surface area contributed by atoms with Gasteiger partial charge in [0.15, 0.2) is 0 Å². The molecule has 2 fully saturated rings. The molecule has 0 bridgehead atoms. The molecule has 1 saturated heterocycles. The molecule has 0 radical (unpaired) electrons. The van der Waals surface area contributed by atoms with Gasteiger partial charge < -0.3 is 10.1 Å². The van der Waals surface area contributed by atoms with Crippen LogP contribution in [0.5, 0.6) is 0 Å². The second kappa shape index (κ2) is 6.53. The van der Waals surface area contributed by atoms with Gasteiger partial charge in [0.05, 0.1) is 11.7 Å². The normalized spacial score (nSPS) is 22.7. The molecule has 2 heterocycles. The molecule has 1 aliphatic heterocycles. The molecule has 19 heavy (non-hydrogen) atoms. The number of hydrogen-bond donors (Lipinski definition) is 1. The van der Waals surface area contributed by atoms with E-state index in [0.29, 0.717) is 12.1 Å². The molecule has 1 aliphatic carbocycles. The summed E-state index contributed by atoms with van der Waals surface area (Å²) in [5, 5.41) is 8.34. The Hall–Kier alpha value is -0.870. The van der Waals surface area contributed by atoms with Crippen LogP contribution in [0.15, 0.2) is 12.3 Å². The zero-order valence-corrected chi connectivity index (χ0v) is 11.7. The van der Waals surface area contributed by atoms with Crippen LogP contribution >= 0.6 is 0 Å². The summed E-state index contributed by atoms with van der Waals surface area (Å²) in [6, 6.07) is 3.42. The first-order valence-electron chi connectivity index (χ1n) is 7.77. The first kappa shape index (κ1) is 13.1. The van der Waals surface area contributed by atoms with Gasteiger partial charge in [-0.05, 0) is 31.7 Å². The van der Waals surface area contributed by atoms with Crippen molar-refractivity contribution in [3.05, 3.63) is 18.0 Å². The zero-order valence-electron chi connectivity index (χ0n) is 11.7. The fraction of sp³-hybridized carbons (Fsp3) is 0.800. The monoisotopic (exact) mass is 263 g/mol. The lowest BCUT2D eigenvalue weighted by molar-refractivity contribution is 0.0775. The van der Waals surface area contributed by atoms with Crippen molar-refractivity contribution in [1.82, 2.24) is 15.1 Å². The summed E-state index contributed by atoms with van der Waals surface area (Å²) >= 11 is 0. The SMILES string of the molecule is c1cn(C2CCCCC2)nc1CNC1CCOCC1. The minimum absolute atomic E-state index is 0.605. The lowest BCUT2D eigenvalue weighted by atomic mass is 9.96. The smallest absolute Gasteiger partial charge is 0.0762 e. The molecular weight excluding hydrogens is 238 g/mol. The number of nitrogens with one attached hydrogen (secondary N) is 1. The van der Waals surface area contributed by atoms with E-state index >= 15 is 0 Å². The van der Waals surface area contributed by atoms with E-state index in [4.69, 9.17) is 9.84 Å². The lowest BCUT2D eigenvalue weighted by Gasteiger charge is -2.23. The molecule has 2 aliphatic rings. The Bertz CT molecular complexity index is 378. The van der Waals surface area contributed by atoms with Crippen LogP contribution in [0.1, 0.15) is 56.7 Å². The van der Waals surface area contributed by atoms with Crippen molar-refractivity contribution < 1.29 is 4.74 Å². The molecule has 0 amide bonds. The van der Waals surface area contributed by atoms with E-state index in [2.05, 4.69) is 22.3 Å². The zero-order chi connectivity index (χ0) is 12.9. The van der Waals surface area contributed by atoms with Crippen molar-refractivity contribution >= 4 is 0 Å². The van der Waals surface area contributed by atoms with Gasteiger partial charge in [0.2, 0.25) is 0 Å². The third-order valence-electron chi connectivity index (χ3n) is 4.41. The quantitative estimate of drug-likeness (QED) is 0.907. The molecule has 0 aromatic carbocycles. The van der Waals surface area contributed by atoms with Crippen LogP contribution in [0, 0.1) is 0 Å². The predicted molar refractivity (Wildman–Crippen MR) is 75.0 cm³/mol. The number of aromatic nitrogens is 2. The molecule has 1 saturated carbocycles. The van der Waals surface area contributed by atoms with E-state index in [1.54, 1.807) is 0 Å². The molecule has 1 aromatic heterocycles. The predicted octanol–water partition coefficient (Wildman–Crippen LogP) is 2.66. The molecule has 3 rings (SSSR count). The number of nitrogens with zero attached hydrogens (tertiary/aromatic N) is 2. The first-order valence-corrected chi connectivity index (χ1v) is 7.77. The third kappa shape index (κ3) is 3.57. The third-order valence-corrected chi connectivity index (χ3v) is 4.41. The molecule has 0 atom stereocenters. The molecule has 4 heteroatoms. The summed E-state index contributed by atoms with van der Waals surface area (Å²) in [6.07, 6.45) is 11.1. The summed E-state index contributed by atoms with van der Waals surface area (Å²) in [5.41, 5.74) is 1.18. The van der Waals surface area contributed by atoms with E-state index in [1.165, 1.54) is 37.8 Å². The maximum absolute atomic E-state index is 5.38. The summed E-state index contributed by atoms with van der Waals surface area (Å²) in [6.45, 7) is 2.69. The van der Waals surface area contributed by atoms with Crippen molar-refractivity contribution in [1.29, 1.82) is 0 Å². The van der Waals surface area contributed by atoms with Crippen molar-refractivity contribution in [2.24, 2.45) is 0 Å². The summed E-state index contributed by atoms with van der Waals surface area (Å²) < 4.78 is 7.57. The van der Waals surface area contributed by atoms with Crippen LogP contribution in [-0.4, -0.2) is 29.0 Å². The van der Waals surface area contributed by atoms with E-state index < -0.39 is 0 Å². The molecular formula is C15H25N3O. The largest absolute Gasteiger partial charge is 0.381 e. The minimum Gasteiger partial charge on any atom is -0.381 e. The van der Waals surface area contributed by atoms with Crippen LogP contribution in [0.3, 0.4) is 0 Å². The molecule has 0 unspecified atom stereocenters. The molecule has 1 N–H and O–H groups in total. The van der Waals surface area contributed by atoms with Gasteiger partial charge in [-0.1, -0.05) is 19.3 Å². The van der Waals surface area contributed by atoms with Crippen LogP contribution in [0.4, 0.5) is 0 Å². The van der Waals surface area contributed by atoms with Crippen LogP contribution < -0.4 is 5.32 Å². The average Bonchev–Trinajstić information content (AvgIpc) is 2.96. The van der Waals surface area contributed by atoms with Gasteiger partial charge >= 0.3 is 0 Å². The Labute approximate surface area is 115 Å². The maximum Gasteiger partial charge on any atom is 0.0762 e. The highest BCUT2D eigenvalue weighted by molar-refractivity contribution is 5.00. The first-order chi connectivity index (χ1) is 9.42. The fourth-order valence-corrected chi connectivity index (χ4v) is 3.17. The topological polar surface area (TPSA) is 39.1 Å². The fourth-order valence-electron chi connectivity index (χ4n) is 3.17. The minimum atomic E-state index is 0.605. The van der Waals surface area contributed by atoms with E-state index in [-0.39, 0.29) is 0 Å². The highest BCUT2D eigenvalue weighted by atomic mass is 16.5. The Morgan fingerprint density at radius 2 is 1.95 bits per heavy atom. The van der Waals surface area contributed by atoms with Gasteiger partial charge in [0.1, 0.15) is 0 Å². The van der Waals surface area contributed by atoms with Gasteiger partial charge in [-0.2, -0.15) is 5.10 Å². The van der Waals surface area contributed by atoms with Crippen LogP contribution in [0.2, 0.25) is 0 Å². The van der Waals surface area contributed by atoms with Crippen molar-refractivity contribution in [2.45, 2.75) is 63.6 Å². The van der Waals surface area contributed by atoms with Crippen LogP contribution in [0.25, 0.3) is 0 Å². The molecule has 106 valence electrons. The molecule has 0 spiro atoms. The van der Waals surface area contributed by atoms with Crippen molar-refractivity contribution in [3.63, 3.8) is 0 Å². The van der Waals surface area contributed by atoms with Gasteiger partial charge in [-0.15, -0.1) is 0 Å². The Balaban J connectivity index is 1.49. The second-order valence-electron chi connectivity index (χ2n) is 5.85. The Morgan fingerprint density at radius 3 is 2.74 bits per heavy atom. The van der Waals surface area contributed by atoms with Crippen LogP contribution in [-0.2, 0) is 11.3 Å². The van der Waals surface area contributed by atoms with E-state index in [1.807, 2.05) is 0 Å². The number of rotatable bonds is 4. The standard InChI is InChI=1S/C15H25N3O/c1-2-4-15(5-3-1)18-9-6-14(17-18)12-16-13-7-10-19-11-8-13/h6,9,13,15-16H,1-5,7-8,10-12H2. The summed E-state index contributed by atoms with van der Waals surface area (Å²) in [4.78, 5) is 0. The van der Waals surface area contributed by atoms with Gasteiger partial charge in [0.25, 0.3) is 0 Å². The van der Waals surface area contributed by atoms with E-state index in [0.717, 1.165) is 32.6 Å². The highest BCUT2D eigenvalue weighted by Gasteiger charge is 2.17. The Kier molecular flexibility index (Phi) is 4.51.